The second-order valence-electron chi connectivity index (χ2n) is 8.06. The number of carboxylic acid groups (broad SMARTS) is 1. The molecule has 1 fully saturated rings. The van der Waals surface area contributed by atoms with E-state index in [0.717, 1.165) is 30.8 Å². The van der Waals surface area contributed by atoms with Crippen molar-refractivity contribution in [3.05, 3.63) is 10.7 Å². The van der Waals surface area contributed by atoms with Gasteiger partial charge in [-0.1, -0.05) is 44.1 Å². The van der Waals surface area contributed by atoms with Crippen LogP contribution in [-0.4, -0.2) is 57.0 Å². The molecule has 138 valence electrons. The molecule has 6 nitrogen and oxygen atoms in total. The van der Waals surface area contributed by atoms with Crippen LogP contribution in [0.1, 0.15) is 39.7 Å². The number of likely N-dealkylation sites (tertiary alicyclic amines) is 1. The van der Waals surface area contributed by atoms with Gasteiger partial charge in [-0.2, -0.15) is 0 Å². The fourth-order valence-corrected chi connectivity index (χ4v) is 5.29. The van der Waals surface area contributed by atoms with Crippen LogP contribution in [0.5, 0.6) is 0 Å². The topological polar surface area (TPSA) is 69.6 Å². The number of carbonyl (C=O) groups is 1. The average Bonchev–Trinajstić information content (AvgIpc) is 3.08. The molecule has 0 bridgehead atoms. The molecule has 1 unspecified atom stereocenters. The van der Waals surface area contributed by atoms with Gasteiger partial charge in [0, 0.05) is 18.7 Å². The Morgan fingerprint density at radius 3 is 2.60 bits per heavy atom. The van der Waals surface area contributed by atoms with Crippen LogP contribution >= 0.6 is 23.4 Å². The Labute approximate surface area is 158 Å². The number of hydrogen-bond donors (Lipinski definition) is 1. The highest BCUT2D eigenvalue weighted by Gasteiger charge is 2.55. The zero-order chi connectivity index (χ0) is 18.6. The number of aromatic nitrogens is 2. The van der Waals surface area contributed by atoms with Crippen LogP contribution in [0.15, 0.2) is 5.16 Å². The Balaban J connectivity index is 2.08. The molecule has 0 radical (unpaired) electrons. The lowest BCUT2D eigenvalue weighted by atomic mass is 9.74. The van der Waals surface area contributed by atoms with Gasteiger partial charge in [-0.3, -0.25) is 0 Å². The predicted molar refractivity (Wildman–Crippen MR) is 101 cm³/mol. The summed E-state index contributed by atoms with van der Waals surface area (Å²) in [4.78, 5) is 24.7. The third-order valence-corrected chi connectivity index (χ3v) is 6.24. The first-order valence-corrected chi connectivity index (χ1v) is 10.1. The van der Waals surface area contributed by atoms with Crippen molar-refractivity contribution < 1.29 is 9.90 Å². The van der Waals surface area contributed by atoms with Crippen LogP contribution in [0.4, 0.5) is 10.6 Å². The summed E-state index contributed by atoms with van der Waals surface area (Å²) in [5, 5.41) is 10.9. The van der Waals surface area contributed by atoms with Crippen molar-refractivity contribution in [3.8, 4) is 0 Å². The molecule has 0 spiro atoms. The molecule has 25 heavy (non-hydrogen) atoms. The first-order chi connectivity index (χ1) is 11.6. The second-order valence-corrected chi connectivity index (χ2v) is 9.19. The second kappa shape index (κ2) is 6.20. The first-order valence-electron chi connectivity index (χ1n) is 8.47. The van der Waals surface area contributed by atoms with Crippen molar-refractivity contribution in [1.82, 2.24) is 14.9 Å². The van der Waals surface area contributed by atoms with Crippen LogP contribution < -0.4 is 4.90 Å². The molecule has 2 aliphatic rings. The molecular formula is C17H25ClN4O2S. The summed E-state index contributed by atoms with van der Waals surface area (Å²) in [5.74, 6) is 0.869. The number of amides is 1. The average molecular weight is 385 g/mol. The monoisotopic (exact) mass is 384 g/mol. The summed E-state index contributed by atoms with van der Waals surface area (Å²) in [7, 11) is 0. The van der Waals surface area contributed by atoms with E-state index in [0.29, 0.717) is 16.9 Å². The molecule has 3 heterocycles. The molecule has 8 heteroatoms. The summed E-state index contributed by atoms with van der Waals surface area (Å²) in [6.45, 7) is 9.80. The van der Waals surface area contributed by atoms with Crippen molar-refractivity contribution in [3.63, 3.8) is 0 Å². The Hall–Kier alpha value is -1.21. The minimum absolute atomic E-state index is 0.130. The standard InChI is InChI=1S/C17H25ClN4O2S/c1-16(2,3)13-17(4,7-9-21(13)15(23)24)22-8-6-10-11(18)19-14(25-5)20-12(10)22/h13H,6-9H2,1-5H3,(H,23,24)/t13?,17-/m0/s1. The Kier molecular flexibility index (Phi) is 4.60. The van der Waals surface area contributed by atoms with E-state index in [1.165, 1.54) is 11.8 Å². The number of thioether (sulfide) groups is 1. The fraction of sp³-hybridized carbons (Fsp3) is 0.706. The zero-order valence-corrected chi connectivity index (χ0v) is 16.9. The van der Waals surface area contributed by atoms with Crippen molar-refractivity contribution in [2.24, 2.45) is 5.41 Å². The number of anilines is 1. The van der Waals surface area contributed by atoms with E-state index < -0.39 is 6.09 Å². The molecular weight excluding hydrogens is 360 g/mol. The number of fused-ring (bicyclic) bond motifs is 1. The van der Waals surface area contributed by atoms with Crippen molar-refractivity contribution >= 4 is 35.3 Å². The maximum absolute atomic E-state index is 11.8. The molecule has 1 N–H and O–H groups in total. The van der Waals surface area contributed by atoms with E-state index in [1.807, 2.05) is 6.26 Å². The highest BCUT2D eigenvalue weighted by Crippen LogP contribution is 2.47. The molecule has 3 rings (SSSR count). The van der Waals surface area contributed by atoms with Gasteiger partial charge in [0.15, 0.2) is 5.16 Å². The SMILES string of the molecule is CSc1nc(Cl)c2c(n1)N([C@@]1(C)CCN(C(=O)O)C1C(C)(C)C)CC2. The lowest BCUT2D eigenvalue weighted by molar-refractivity contribution is 0.0843. The quantitative estimate of drug-likeness (QED) is 0.475. The van der Waals surface area contributed by atoms with E-state index >= 15 is 0 Å². The predicted octanol–water partition coefficient (Wildman–Crippen LogP) is 3.77. The summed E-state index contributed by atoms with van der Waals surface area (Å²) in [6.07, 6.45) is 2.64. The lowest BCUT2D eigenvalue weighted by Gasteiger charge is -2.48. The van der Waals surface area contributed by atoms with Gasteiger partial charge in [0.25, 0.3) is 0 Å². The van der Waals surface area contributed by atoms with E-state index in [2.05, 4.69) is 37.6 Å². The Morgan fingerprint density at radius 1 is 1.36 bits per heavy atom. The van der Waals surface area contributed by atoms with E-state index in [9.17, 15) is 9.90 Å². The fourth-order valence-electron chi connectivity index (χ4n) is 4.62. The van der Waals surface area contributed by atoms with E-state index in [4.69, 9.17) is 16.6 Å². The molecule has 2 aliphatic heterocycles. The third-order valence-electron chi connectivity index (χ3n) is 5.38. The summed E-state index contributed by atoms with van der Waals surface area (Å²) >= 11 is 7.85. The molecule has 1 aromatic heterocycles. The summed E-state index contributed by atoms with van der Waals surface area (Å²) in [5.41, 5.74) is 0.461. The van der Waals surface area contributed by atoms with Gasteiger partial charge in [-0.05, 0) is 31.4 Å². The molecule has 0 saturated carbocycles. The van der Waals surface area contributed by atoms with Gasteiger partial charge in [0.2, 0.25) is 0 Å². The maximum Gasteiger partial charge on any atom is 0.407 e. The first kappa shape index (κ1) is 18.6. The third kappa shape index (κ3) is 2.95. The number of nitrogens with zero attached hydrogens (tertiary/aromatic N) is 4. The van der Waals surface area contributed by atoms with Crippen LogP contribution in [-0.2, 0) is 6.42 Å². The number of rotatable bonds is 2. The maximum atomic E-state index is 11.8. The Morgan fingerprint density at radius 2 is 2.04 bits per heavy atom. The van der Waals surface area contributed by atoms with Crippen molar-refractivity contribution in [1.29, 1.82) is 0 Å². The van der Waals surface area contributed by atoms with E-state index in [1.54, 1.807) is 4.90 Å². The van der Waals surface area contributed by atoms with Crippen LogP contribution in [0.3, 0.4) is 0 Å². The molecule has 1 amide bonds. The highest BCUT2D eigenvalue weighted by molar-refractivity contribution is 7.98. The lowest BCUT2D eigenvalue weighted by Crippen LogP contribution is -2.60. The summed E-state index contributed by atoms with van der Waals surface area (Å²) < 4.78 is 0. The molecule has 0 aromatic carbocycles. The van der Waals surface area contributed by atoms with Crippen LogP contribution in [0.25, 0.3) is 0 Å². The van der Waals surface area contributed by atoms with Gasteiger partial charge >= 0.3 is 6.09 Å². The Bertz CT molecular complexity index is 709. The van der Waals surface area contributed by atoms with Crippen molar-refractivity contribution in [2.45, 2.75) is 57.3 Å². The van der Waals surface area contributed by atoms with Gasteiger partial charge in [0.05, 0.1) is 11.6 Å². The normalized spacial score (nSPS) is 26.2. The smallest absolute Gasteiger partial charge is 0.407 e. The number of hydrogen-bond acceptors (Lipinski definition) is 5. The van der Waals surface area contributed by atoms with Gasteiger partial charge in [0.1, 0.15) is 11.0 Å². The van der Waals surface area contributed by atoms with Crippen LogP contribution in [0.2, 0.25) is 5.15 Å². The highest BCUT2D eigenvalue weighted by atomic mass is 35.5. The summed E-state index contributed by atoms with van der Waals surface area (Å²) in [6, 6.07) is -0.130. The van der Waals surface area contributed by atoms with Crippen molar-refractivity contribution in [2.75, 3.05) is 24.2 Å². The molecule has 2 atom stereocenters. The molecule has 1 saturated heterocycles. The van der Waals surface area contributed by atoms with Gasteiger partial charge < -0.3 is 14.9 Å². The largest absolute Gasteiger partial charge is 0.465 e. The minimum Gasteiger partial charge on any atom is -0.465 e. The molecule has 0 aliphatic carbocycles. The molecule has 1 aromatic rings. The zero-order valence-electron chi connectivity index (χ0n) is 15.3. The van der Waals surface area contributed by atoms with Crippen LogP contribution in [0, 0.1) is 5.41 Å². The number of halogens is 1. The van der Waals surface area contributed by atoms with E-state index in [-0.39, 0.29) is 17.0 Å². The van der Waals surface area contributed by atoms with Gasteiger partial charge in [-0.15, -0.1) is 0 Å². The minimum atomic E-state index is -0.853. The van der Waals surface area contributed by atoms with Gasteiger partial charge in [-0.25, -0.2) is 14.8 Å².